The fourth-order valence-electron chi connectivity index (χ4n) is 2.59. The number of amides is 1. The van der Waals surface area contributed by atoms with E-state index in [9.17, 15) is 13.2 Å². The van der Waals surface area contributed by atoms with Crippen LogP contribution in [-0.4, -0.2) is 37.4 Å². The number of benzene rings is 1. The van der Waals surface area contributed by atoms with E-state index in [1.54, 1.807) is 31.2 Å². The minimum absolute atomic E-state index is 0.0439. The Labute approximate surface area is 136 Å². The van der Waals surface area contributed by atoms with Gasteiger partial charge < -0.3 is 0 Å². The van der Waals surface area contributed by atoms with Gasteiger partial charge in [0.1, 0.15) is 0 Å². The van der Waals surface area contributed by atoms with Gasteiger partial charge in [0, 0.05) is 19.0 Å². The maximum absolute atomic E-state index is 12.5. The highest BCUT2D eigenvalue weighted by Gasteiger charge is 2.29. The van der Waals surface area contributed by atoms with Crippen molar-refractivity contribution in [2.75, 3.05) is 13.1 Å². The quantitative estimate of drug-likeness (QED) is 0.657. The van der Waals surface area contributed by atoms with Crippen LogP contribution in [0.3, 0.4) is 0 Å². The third kappa shape index (κ3) is 3.61. The molecule has 1 aliphatic carbocycles. The number of carbonyl (C=O) groups is 1. The fraction of sp³-hybridized carbons (Fsp3) is 0.500. The highest BCUT2D eigenvalue weighted by atomic mass is 32.2. The predicted molar refractivity (Wildman–Crippen MR) is 87.5 cm³/mol. The van der Waals surface area contributed by atoms with Crippen molar-refractivity contribution in [1.82, 2.24) is 9.73 Å². The first-order valence-corrected chi connectivity index (χ1v) is 9.37. The van der Waals surface area contributed by atoms with E-state index < -0.39 is 10.0 Å². The number of hydrogen-bond donors (Lipinski definition) is 1. The number of nitrogens with zero attached hydrogens (tertiary/aromatic N) is 2. The summed E-state index contributed by atoms with van der Waals surface area (Å²) in [6.07, 6.45) is 3.71. The predicted octanol–water partition coefficient (Wildman–Crippen LogP) is 1.72. The average Bonchev–Trinajstić information content (AvgIpc) is 3.26. The summed E-state index contributed by atoms with van der Waals surface area (Å²) in [4.78, 5) is 11.9. The summed E-state index contributed by atoms with van der Waals surface area (Å²) in [5.74, 6) is 0.0668. The maximum Gasteiger partial charge on any atom is 0.243 e. The van der Waals surface area contributed by atoms with E-state index in [2.05, 4.69) is 10.5 Å². The molecule has 0 unspecified atom stereocenters. The molecule has 2 fully saturated rings. The molecule has 1 saturated heterocycles. The van der Waals surface area contributed by atoms with Crippen LogP contribution in [0.25, 0.3) is 0 Å². The number of nitrogens with one attached hydrogen (secondary N) is 1. The molecule has 1 N–H and O–H groups in total. The Morgan fingerprint density at radius 2 is 1.78 bits per heavy atom. The molecule has 3 rings (SSSR count). The lowest BCUT2D eigenvalue weighted by Gasteiger charge is -2.15. The van der Waals surface area contributed by atoms with E-state index in [1.165, 1.54) is 4.31 Å². The average molecular weight is 335 g/mol. The molecule has 2 aliphatic rings. The molecular weight excluding hydrogens is 314 g/mol. The number of hydrazone groups is 1. The second-order valence-electron chi connectivity index (χ2n) is 6.08. The van der Waals surface area contributed by atoms with E-state index in [0.29, 0.717) is 23.7 Å². The van der Waals surface area contributed by atoms with E-state index in [1.807, 2.05) is 0 Å². The second-order valence-corrected chi connectivity index (χ2v) is 8.02. The maximum atomic E-state index is 12.5. The molecule has 0 radical (unpaired) electrons. The number of sulfonamides is 1. The Kier molecular flexibility index (Phi) is 4.50. The van der Waals surface area contributed by atoms with Gasteiger partial charge in [0.05, 0.1) is 10.6 Å². The van der Waals surface area contributed by atoms with Gasteiger partial charge in [-0.25, -0.2) is 13.8 Å². The van der Waals surface area contributed by atoms with Crippen LogP contribution < -0.4 is 5.43 Å². The molecule has 1 aromatic rings. The molecular formula is C16H21N3O3S. The third-order valence-electron chi connectivity index (χ3n) is 4.26. The molecule has 0 spiro atoms. The molecule has 23 heavy (non-hydrogen) atoms. The molecule has 1 aliphatic heterocycles. The molecule has 1 saturated carbocycles. The van der Waals surface area contributed by atoms with Crippen LogP contribution >= 0.6 is 0 Å². The molecule has 0 aromatic heterocycles. The van der Waals surface area contributed by atoms with Gasteiger partial charge >= 0.3 is 0 Å². The Balaban J connectivity index is 1.70. The van der Waals surface area contributed by atoms with Crippen molar-refractivity contribution >= 4 is 21.6 Å². The van der Waals surface area contributed by atoms with Crippen molar-refractivity contribution in [2.45, 2.75) is 37.5 Å². The van der Waals surface area contributed by atoms with Gasteiger partial charge in [-0.3, -0.25) is 4.79 Å². The second kappa shape index (κ2) is 6.41. The van der Waals surface area contributed by atoms with Crippen LogP contribution in [0.4, 0.5) is 0 Å². The highest BCUT2D eigenvalue weighted by Crippen LogP contribution is 2.28. The molecule has 1 heterocycles. The van der Waals surface area contributed by atoms with Crippen molar-refractivity contribution in [1.29, 1.82) is 0 Å². The van der Waals surface area contributed by atoms with Crippen LogP contribution in [0.15, 0.2) is 34.3 Å². The van der Waals surface area contributed by atoms with Gasteiger partial charge in [-0.2, -0.15) is 9.41 Å². The summed E-state index contributed by atoms with van der Waals surface area (Å²) in [6, 6.07) is 6.66. The summed E-state index contributed by atoms with van der Waals surface area (Å²) >= 11 is 0. The zero-order chi connectivity index (χ0) is 16.4. The SMILES string of the molecule is CC(=NNC(=O)C1CC1)c1ccc(S(=O)(=O)N2CCCC2)cc1. The van der Waals surface area contributed by atoms with E-state index >= 15 is 0 Å². The van der Waals surface area contributed by atoms with Crippen molar-refractivity contribution in [3.05, 3.63) is 29.8 Å². The smallest absolute Gasteiger partial charge is 0.243 e. The van der Waals surface area contributed by atoms with Crippen LogP contribution in [0.5, 0.6) is 0 Å². The Morgan fingerprint density at radius 1 is 1.17 bits per heavy atom. The third-order valence-corrected chi connectivity index (χ3v) is 6.17. The van der Waals surface area contributed by atoms with Gasteiger partial charge in [-0.05, 0) is 50.3 Å². The number of carbonyl (C=O) groups excluding carboxylic acids is 1. The van der Waals surface area contributed by atoms with Crippen LogP contribution in [0.2, 0.25) is 0 Å². The fourth-order valence-corrected chi connectivity index (χ4v) is 4.10. The van der Waals surface area contributed by atoms with Crippen molar-refractivity contribution in [3.63, 3.8) is 0 Å². The summed E-state index contributed by atoms with van der Waals surface area (Å²) < 4.78 is 26.4. The normalized spacial score (nSPS) is 19.8. The lowest BCUT2D eigenvalue weighted by atomic mass is 10.1. The molecule has 0 bridgehead atoms. The summed E-state index contributed by atoms with van der Waals surface area (Å²) in [5, 5.41) is 4.08. The summed E-state index contributed by atoms with van der Waals surface area (Å²) in [6.45, 7) is 2.98. The van der Waals surface area contributed by atoms with Gasteiger partial charge in [0.15, 0.2) is 0 Å². The zero-order valence-corrected chi connectivity index (χ0v) is 14.0. The van der Waals surface area contributed by atoms with Crippen LogP contribution in [-0.2, 0) is 14.8 Å². The first-order valence-electron chi connectivity index (χ1n) is 7.93. The van der Waals surface area contributed by atoms with E-state index in [0.717, 1.165) is 31.2 Å². The number of rotatable bonds is 5. The van der Waals surface area contributed by atoms with E-state index in [4.69, 9.17) is 0 Å². The molecule has 1 aromatic carbocycles. The minimum atomic E-state index is -3.39. The van der Waals surface area contributed by atoms with Crippen molar-refractivity contribution < 1.29 is 13.2 Å². The lowest BCUT2D eigenvalue weighted by molar-refractivity contribution is -0.122. The lowest BCUT2D eigenvalue weighted by Crippen LogP contribution is -2.27. The molecule has 0 atom stereocenters. The van der Waals surface area contributed by atoms with Gasteiger partial charge in [0.2, 0.25) is 15.9 Å². The highest BCUT2D eigenvalue weighted by molar-refractivity contribution is 7.89. The standard InChI is InChI=1S/C16H21N3O3S/c1-12(17-18-16(20)14-4-5-14)13-6-8-15(9-7-13)23(21,22)19-10-2-3-11-19/h6-9,14H,2-5,10-11H2,1H3,(H,18,20). The molecule has 1 amide bonds. The summed E-state index contributed by atoms with van der Waals surface area (Å²) in [5.41, 5.74) is 4.00. The number of hydrogen-bond acceptors (Lipinski definition) is 4. The van der Waals surface area contributed by atoms with Crippen LogP contribution in [0, 0.1) is 5.92 Å². The Bertz CT molecular complexity index is 715. The topological polar surface area (TPSA) is 78.8 Å². The molecule has 7 heteroatoms. The minimum Gasteiger partial charge on any atom is -0.273 e. The first-order chi connectivity index (χ1) is 11.0. The molecule has 124 valence electrons. The van der Waals surface area contributed by atoms with E-state index in [-0.39, 0.29) is 11.8 Å². The first kappa shape index (κ1) is 16.1. The molecule has 6 nitrogen and oxygen atoms in total. The van der Waals surface area contributed by atoms with Crippen LogP contribution in [0.1, 0.15) is 38.2 Å². The van der Waals surface area contributed by atoms with Gasteiger partial charge in [-0.1, -0.05) is 12.1 Å². The van der Waals surface area contributed by atoms with Crippen molar-refractivity contribution in [3.8, 4) is 0 Å². The monoisotopic (exact) mass is 335 g/mol. The van der Waals surface area contributed by atoms with Gasteiger partial charge in [0.25, 0.3) is 0 Å². The van der Waals surface area contributed by atoms with Gasteiger partial charge in [-0.15, -0.1) is 0 Å². The zero-order valence-electron chi connectivity index (χ0n) is 13.2. The Hall–Kier alpha value is -1.73. The van der Waals surface area contributed by atoms with Crippen molar-refractivity contribution in [2.24, 2.45) is 11.0 Å². The summed E-state index contributed by atoms with van der Waals surface area (Å²) in [7, 11) is -3.39. The largest absolute Gasteiger partial charge is 0.273 e. The Morgan fingerprint density at radius 3 is 2.35 bits per heavy atom.